The minimum absolute atomic E-state index is 0.0658. The van der Waals surface area contributed by atoms with Gasteiger partial charge in [0.1, 0.15) is 24.4 Å². The summed E-state index contributed by atoms with van der Waals surface area (Å²) in [6, 6.07) is 10.6. The standard InChI is InChI=1S/C16H20N2O/c19-15-14-9-17-6-7-18(10-14)12-16(15,11-17)8-13-4-2-1-3-5-13/h1-5,14H,6-12H2/p+2. The Labute approximate surface area is 114 Å². The lowest BCUT2D eigenvalue weighted by Gasteiger charge is -2.43. The van der Waals surface area contributed by atoms with E-state index < -0.39 is 0 Å². The molecule has 2 N–H and O–H groups in total. The quantitative estimate of drug-likeness (QED) is 0.644. The Morgan fingerprint density at radius 3 is 2.32 bits per heavy atom. The van der Waals surface area contributed by atoms with Crippen LogP contribution >= 0.6 is 0 Å². The zero-order valence-corrected chi connectivity index (χ0v) is 11.3. The molecule has 4 bridgehead atoms. The first-order valence-electron chi connectivity index (χ1n) is 7.51. The smallest absolute Gasteiger partial charge is 0.165 e. The normalized spacial score (nSPS) is 40.4. The van der Waals surface area contributed by atoms with Crippen molar-refractivity contribution in [2.24, 2.45) is 11.3 Å². The Kier molecular flexibility index (Phi) is 2.54. The summed E-state index contributed by atoms with van der Waals surface area (Å²) in [5, 5.41) is 0. The van der Waals surface area contributed by atoms with Crippen molar-refractivity contribution in [2.45, 2.75) is 6.42 Å². The Morgan fingerprint density at radius 1 is 1.05 bits per heavy atom. The lowest BCUT2D eigenvalue weighted by Crippen LogP contribution is -3.17. The van der Waals surface area contributed by atoms with Gasteiger partial charge in [0.2, 0.25) is 0 Å². The zero-order chi connectivity index (χ0) is 12.9. The van der Waals surface area contributed by atoms with Gasteiger partial charge in [-0.2, -0.15) is 0 Å². The van der Waals surface area contributed by atoms with Gasteiger partial charge in [0.15, 0.2) is 5.78 Å². The van der Waals surface area contributed by atoms with Gasteiger partial charge in [0, 0.05) is 0 Å². The topological polar surface area (TPSA) is 26.0 Å². The Hall–Kier alpha value is -1.19. The van der Waals surface area contributed by atoms with Crippen LogP contribution in [0.2, 0.25) is 0 Å². The molecule has 0 amide bonds. The van der Waals surface area contributed by atoms with Crippen molar-refractivity contribution in [1.82, 2.24) is 0 Å². The van der Waals surface area contributed by atoms with Crippen molar-refractivity contribution in [2.75, 3.05) is 39.3 Å². The molecule has 4 aliphatic heterocycles. The molecule has 5 rings (SSSR count). The van der Waals surface area contributed by atoms with Crippen LogP contribution in [-0.4, -0.2) is 45.1 Å². The second kappa shape index (κ2) is 4.15. The van der Waals surface area contributed by atoms with Crippen molar-refractivity contribution in [3.05, 3.63) is 35.9 Å². The average molecular weight is 258 g/mol. The molecule has 4 heterocycles. The molecule has 0 saturated carbocycles. The fourth-order valence-electron chi connectivity index (χ4n) is 4.66. The maximum absolute atomic E-state index is 12.8. The van der Waals surface area contributed by atoms with E-state index >= 15 is 0 Å². The van der Waals surface area contributed by atoms with Crippen LogP contribution in [0.3, 0.4) is 0 Å². The summed E-state index contributed by atoms with van der Waals surface area (Å²) in [7, 11) is 0. The van der Waals surface area contributed by atoms with Gasteiger partial charge in [-0.15, -0.1) is 0 Å². The molecule has 4 saturated heterocycles. The number of ketones is 1. The number of carbonyl (C=O) groups is 1. The van der Waals surface area contributed by atoms with Crippen LogP contribution in [0.5, 0.6) is 0 Å². The largest absolute Gasteiger partial charge is 0.328 e. The molecule has 2 unspecified atom stereocenters. The van der Waals surface area contributed by atoms with Crippen LogP contribution in [-0.2, 0) is 11.2 Å². The monoisotopic (exact) mass is 258 g/mol. The molecule has 1 aromatic carbocycles. The number of fused-ring (bicyclic) bond motifs is 1. The highest BCUT2D eigenvalue weighted by Crippen LogP contribution is 2.29. The molecule has 0 aliphatic carbocycles. The predicted octanol–water partition coefficient (Wildman–Crippen LogP) is -1.79. The van der Waals surface area contributed by atoms with Gasteiger partial charge < -0.3 is 9.80 Å². The van der Waals surface area contributed by atoms with Crippen LogP contribution < -0.4 is 9.80 Å². The van der Waals surface area contributed by atoms with Crippen LogP contribution in [0.1, 0.15) is 5.56 Å². The second-order valence-corrected chi connectivity index (χ2v) is 6.77. The molecule has 100 valence electrons. The van der Waals surface area contributed by atoms with Gasteiger partial charge in [-0.1, -0.05) is 30.3 Å². The molecule has 0 radical (unpaired) electrons. The number of Topliss-reactive ketones (excluding diaryl/α,β-unsaturated/α-hetero) is 1. The maximum Gasteiger partial charge on any atom is 0.165 e. The summed E-state index contributed by atoms with van der Waals surface area (Å²) in [6.45, 7) is 6.85. The summed E-state index contributed by atoms with van der Waals surface area (Å²) in [6.07, 6.45) is 0.955. The number of carbonyl (C=O) groups excluding carboxylic acids is 1. The third-order valence-electron chi connectivity index (χ3n) is 5.36. The molecule has 3 heteroatoms. The Bertz CT molecular complexity index is 483. The van der Waals surface area contributed by atoms with E-state index in [2.05, 4.69) is 30.3 Å². The lowest BCUT2D eigenvalue weighted by atomic mass is 9.68. The molecular weight excluding hydrogens is 236 g/mol. The minimum Gasteiger partial charge on any atom is -0.328 e. The Balaban J connectivity index is 1.70. The van der Waals surface area contributed by atoms with Crippen molar-refractivity contribution < 1.29 is 14.6 Å². The Morgan fingerprint density at radius 2 is 1.68 bits per heavy atom. The molecule has 3 nitrogen and oxygen atoms in total. The zero-order valence-electron chi connectivity index (χ0n) is 11.3. The summed E-state index contributed by atoms with van der Waals surface area (Å²) in [5.74, 6) is 0.907. The number of quaternary nitrogens is 2. The summed E-state index contributed by atoms with van der Waals surface area (Å²) < 4.78 is 0. The molecular formula is C16H22N2O+2. The fourth-order valence-corrected chi connectivity index (χ4v) is 4.66. The average Bonchev–Trinajstić information content (AvgIpc) is 2.65. The number of hydrogen-bond acceptors (Lipinski definition) is 1. The van der Waals surface area contributed by atoms with E-state index in [0.717, 1.165) is 32.6 Å². The molecule has 0 spiro atoms. The number of rotatable bonds is 2. The summed E-state index contributed by atoms with van der Waals surface area (Å²) in [5.41, 5.74) is 1.27. The van der Waals surface area contributed by atoms with E-state index in [9.17, 15) is 4.79 Å². The van der Waals surface area contributed by atoms with Crippen molar-refractivity contribution >= 4 is 5.78 Å². The number of benzene rings is 1. The second-order valence-electron chi connectivity index (χ2n) is 6.77. The van der Waals surface area contributed by atoms with Gasteiger partial charge in [0.05, 0.1) is 26.2 Å². The molecule has 4 aliphatic rings. The molecule has 4 fully saturated rings. The third-order valence-corrected chi connectivity index (χ3v) is 5.36. The van der Waals surface area contributed by atoms with E-state index in [-0.39, 0.29) is 5.41 Å². The van der Waals surface area contributed by atoms with Gasteiger partial charge in [-0.25, -0.2) is 0 Å². The van der Waals surface area contributed by atoms with Gasteiger partial charge in [0.25, 0.3) is 0 Å². The van der Waals surface area contributed by atoms with Crippen molar-refractivity contribution in [3.63, 3.8) is 0 Å². The fraction of sp³-hybridized carbons (Fsp3) is 0.562. The number of piperidine rings is 2. The van der Waals surface area contributed by atoms with Gasteiger partial charge in [-0.05, 0) is 12.0 Å². The highest BCUT2D eigenvalue weighted by Gasteiger charge is 2.58. The van der Waals surface area contributed by atoms with Crippen molar-refractivity contribution in [3.8, 4) is 0 Å². The first-order chi connectivity index (χ1) is 9.25. The van der Waals surface area contributed by atoms with E-state index in [1.165, 1.54) is 18.7 Å². The van der Waals surface area contributed by atoms with Gasteiger partial charge in [-0.3, -0.25) is 4.79 Å². The number of hydrogen-bond donors (Lipinski definition) is 2. The number of nitrogens with one attached hydrogen (secondary N) is 2. The first kappa shape index (κ1) is 11.6. The molecule has 19 heavy (non-hydrogen) atoms. The lowest BCUT2D eigenvalue weighted by molar-refractivity contribution is -0.918. The van der Waals surface area contributed by atoms with E-state index in [1.807, 2.05) is 0 Å². The van der Waals surface area contributed by atoms with E-state index in [0.29, 0.717) is 11.7 Å². The van der Waals surface area contributed by atoms with Crippen LogP contribution in [0.25, 0.3) is 0 Å². The highest BCUT2D eigenvalue weighted by molar-refractivity contribution is 5.88. The molecule has 2 atom stereocenters. The van der Waals surface area contributed by atoms with Gasteiger partial charge >= 0.3 is 0 Å². The van der Waals surface area contributed by atoms with E-state index in [1.54, 1.807) is 9.80 Å². The third kappa shape index (κ3) is 1.84. The molecule has 0 aromatic heterocycles. The van der Waals surface area contributed by atoms with Crippen LogP contribution in [0.15, 0.2) is 30.3 Å². The maximum atomic E-state index is 12.8. The van der Waals surface area contributed by atoms with Crippen molar-refractivity contribution in [1.29, 1.82) is 0 Å². The summed E-state index contributed by atoms with van der Waals surface area (Å²) >= 11 is 0. The minimum atomic E-state index is -0.0658. The molecule has 1 aromatic rings. The van der Waals surface area contributed by atoms with Crippen LogP contribution in [0.4, 0.5) is 0 Å². The first-order valence-corrected chi connectivity index (χ1v) is 7.51. The van der Waals surface area contributed by atoms with E-state index in [4.69, 9.17) is 0 Å². The SMILES string of the molecule is O=C1C2C[NH+]3CC[NH+](C2)CC1(Cc1ccccc1)C3. The highest BCUT2D eigenvalue weighted by atomic mass is 16.1. The van der Waals surface area contributed by atoms with Crippen LogP contribution in [0, 0.1) is 11.3 Å². The summed E-state index contributed by atoms with van der Waals surface area (Å²) in [4.78, 5) is 16.2. The predicted molar refractivity (Wildman–Crippen MR) is 72.2 cm³/mol.